The summed E-state index contributed by atoms with van der Waals surface area (Å²) in [5, 5.41) is 7.09. The fraction of sp³-hybridized carbons (Fsp3) is 0. The van der Waals surface area contributed by atoms with Crippen LogP contribution in [0, 0.1) is 0 Å². The molecule has 0 saturated heterocycles. The highest BCUT2D eigenvalue weighted by atomic mass is 16.3. The van der Waals surface area contributed by atoms with Gasteiger partial charge >= 0.3 is 0 Å². The zero-order chi connectivity index (χ0) is 36.0. The van der Waals surface area contributed by atoms with Crippen LogP contribution in [-0.2, 0) is 0 Å². The number of aromatic nitrogens is 4. The first-order valence-corrected chi connectivity index (χ1v) is 18.6. The second-order valence-electron chi connectivity index (χ2n) is 14.1. The minimum atomic E-state index is 0.859. The van der Waals surface area contributed by atoms with Crippen molar-refractivity contribution in [1.82, 2.24) is 19.1 Å². The van der Waals surface area contributed by atoms with E-state index in [2.05, 4.69) is 149 Å². The zero-order valence-corrected chi connectivity index (χ0v) is 29.5. The Morgan fingerprint density at radius 3 is 1.67 bits per heavy atom. The van der Waals surface area contributed by atoms with Crippen molar-refractivity contribution in [2.75, 3.05) is 0 Å². The number of nitrogens with zero attached hydrogens (tertiary/aromatic N) is 4. The van der Waals surface area contributed by atoms with Crippen molar-refractivity contribution in [3.63, 3.8) is 0 Å². The van der Waals surface area contributed by atoms with Gasteiger partial charge in [0.1, 0.15) is 5.58 Å². The molecule has 0 saturated carbocycles. The van der Waals surface area contributed by atoms with E-state index in [1.807, 2.05) is 42.5 Å². The molecule has 0 N–H and O–H groups in total. The van der Waals surface area contributed by atoms with Gasteiger partial charge in [0.25, 0.3) is 0 Å². The molecule has 5 heteroatoms. The topological polar surface area (TPSA) is 48.8 Å². The standard InChI is InChI=1S/C50H30N4O/c1-2-14-31(15-3-1)48-49(52-39-23-8-7-22-38(39)51-48)32-16-12-17-33(30-32)53-40-24-9-4-19-36(40)46-42(53)28-29-43-47(46)37-20-5-10-25-41(37)54(43)44-26-13-21-35-34-18-6-11-27-45(34)55-50(35)44/h1-30H. The van der Waals surface area contributed by atoms with Crippen LogP contribution in [-0.4, -0.2) is 19.1 Å². The minimum absolute atomic E-state index is 0.859. The molecule has 0 aliphatic heterocycles. The lowest BCUT2D eigenvalue weighted by Gasteiger charge is -2.13. The summed E-state index contributed by atoms with van der Waals surface area (Å²) in [4.78, 5) is 10.4. The third-order valence-corrected chi connectivity index (χ3v) is 11.1. The maximum atomic E-state index is 6.60. The van der Waals surface area contributed by atoms with Crippen LogP contribution in [0.15, 0.2) is 186 Å². The number of hydrogen-bond donors (Lipinski definition) is 0. The monoisotopic (exact) mass is 702 g/mol. The molecule has 0 spiro atoms. The van der Waals surface area contributed by atoms with Gasteiger partial charge in [0.2, 0.25) is 0 Å². The molecular formula is C50H30N4O. The molecule has 5 nitrogen and oxygen atoms in total. The summed E-state index contributed by atoms with van der Waals surface area (Å²) in [6.07, 6.45) is 0. The fourth-order valence-electron chi connectivity index (χ4n) is 8.76. The number of fused-ring (bicyclic) bond motifs is 11. The van der Waals surface area contributed by atoms with Crippen LogP contribution in [0.2, 0.25) is 0 Å². The smallest absolute Gasteiger partial charge is 0.159 e. The van der Waals surface area contributed by atoms with Gasteiger partial charge < -0.3 is 13.6 Å². The van der Waals surface area contributed by atoms with Gasteiger partial charge in [0.05, 0.1) is 50.2 Å². The largest absolute Gasteiger partial charge is 0.454 e. The van der Waals surface area contributed by atoms with E-state index in [-0.39, 0.29) is 0 Å². The number of para-hydroxylation sites is 6. The van der Waals surface area contributed by atoms with Crippen LogP contribution in [0.4, 0.5) is 0 Å². The summed E-state index contributed by atoms with van der Waals surface area (Å²) >= 11 is 0. The van der Waals surface area contributed by atoms with Crippen LogP contribution in [0.5, 0.6) is 0 Å². The number of rotatable bonds is 4. The van der Waals surface area contributed by atoms with E-state index in [4.69, 9.17) is 14.4 Å². The van der Waals surface area contributed by atoms with Gasteiger partial charge in [-0.1, -0.05) is 121 Å². The predicted octanol–water partition coefficient (Wildman–Crippen LogP) is 13.1. The number of furan rings is 1. The zero-order valence-electron chi connectivity index (χ0n) is 29.5. The van der Waals surface area contributed by atoms with Crippen LogP contribution in [0.3, 0.4) is 0 Å². The van der Waals surface area contributed by atoms with Crippen molar-refractivity contribution in [1.29, 1.82) is 0 Å². The average Bonchev–Trinajstić information content (AvgIpc) is 3.91. The molecule has 0 radical (unpaired) electrons. The first-order valence-electron chi connectivity index (χ1n) is 18.6. The van der Waals surface area contributed by atoms with Crippen LogP contribution in [0.25, 0.3) is 110 Å². The Morgan fingerprint density at radius 2 is 0.927 bits per heavy atom. The van der Waals surface area contributed by atoms with Gasteiger partial charge in [-0.3, -0.25) is 0 Å². The lowest BCUT2D eigenvalue weighted by molar-refractivity contribution is 0.666. The van der Waals surface area contributed by atoms with E-state index in [1.165, 1.54) is 21.5 Å². The predicted molar refractivity (Wildman–Crippen MR) is 226 cm³/mol. The Balaban J connectivity index is 1.13. The fourth-order valence-corrected chi connectivity index (χ4v) is 8.76. The quantitative estimate of drug-likeness (QED) is 0.183. The van der Waals surface area contributed by atoms with E-state index in [0.29, 0.717) is 0 Å². The lowest BCUT2D eigenvalue weighted by Crippen LogP contribution is -1.98. The molecule has 0 aliphatic carbocycles. The lowest BCUT2D eigenvalue weighted by atomic mass is 10.0. The van der Waals surface area contributed by atoms with Crippen molar-refractivity contribution >= 4 is 76.6 Å². The summed E-state index contributed by atoms with van der Waals surface area (Å²) < 4.78 is 11.4. The minimum Gasteiger partial charge on any atom is -0.454 e. The Hall–Kier alpha value is -7.50. The number of hydrogen-bond acceptors (Lipinski definition) is 3. The molecule has 256 valence electrons. The van der Waals surface area contributed by atoms with Crippen LogP contribution < -0.4 is 0 Å². The third kappa shape index (κ3) is 4.35. The van der Waals surface area contributed by atoms with E-state index >= 15 is 0 Å². The van der Waals surface area contributed by atoms with E-state index in [0.717, 1.165) is 88.9 Å². The van der Waals surface area contributed by atoms with Crippen molar-refractivity contribution in [2.24, 2.45) is 0 Å². The molecule has 55 heavy (non-hydrogen) atoms. The highest BCUT2D eigenvalue weighted by Crippen LogP contribution is 2.44. The SMILES string of the molecule is c1ccc(-c2nc3ccccc3nc2-c2cccc(-n3c4ccccc4c4c5c6ccccc6n(-c6cccc7c6oc6ccccc67)c5ccc43)c2)cc1. The Morgan fingerprint density at radius 1 is 0.382 bits per heavy atom. The molecule has 8 aromatic carbocycles. The Labute approximate surface area is 315 Å². The molecule has 0 fully saturated rings. The van der Waals surface area contributed by atoms with Gasteiger partial charge in [-0.05, 0) is 60.7 Å². The molecule has 4 heterocycles. The highest BCUT2D eigenvalue weighted by Gasteiger charge is 2.23. The molecular weight excluding hydrogens is 673 g/mol. The maximum Gasteiger partial charge on any atom is 0.159 e. The maximum absolute atomic E-state index is 6.60. The second-order valence-corrected chi connectivity index (χ2v) is 14.1. The van der Waals surface area contributed by atoms with E-state index in [9.17, 15) is 0 Å². The first-order chi connectivity index (χ1) is 27.3. The van der Waals surface area contributed by atoms with Gasteiger partial charge in [-0.25, -0.2) is 9.97 Å². The summed E-state index contributed by atoms with van der Waals surface area (Å²) in [5.74, 6) is 0. The number of benzene rings is 8. The Kier molecular flexibility index (Phi) is 6.27. The molecule has 0 bridgehead atoms. The summed E-state index contributed by atoms with van der Waals surface area (Å²) in [5.41, 5.74) is 14.0. The summed E-state index contributed by atoms with van der Waals surface area (Å²) in [6.45, 7) is 0. The van der Waals surface area contributed by atoms with Gasteiger partial charge in [0, 0.05) is 49.1 Å². The van der Waals surface area contributed by atoms with Crippen molar-refractivity contribution in [2.45, 2.75) is 0 Å². The molecule has 4 aromatic heterocycles. The highest BCUT2D eigenvalue weighted by molar-refractivity contribution is 6.29. The molecule has 0 unspecified atom stereocenters. The van der Waals surface area contributed by atoms with E-state index in [1.54, 1.807) is 0 Å². The summed E-state index contributed by atoms with van der Waals surface area (Å²) in [6, 6.07) is 64.0. The van der Waals surface area contributed by atoms with Gasteiger partial charge in [-0.2, -0.15) is 0 Å². The van der Waals surface area contributed by atoms with Crippen molar-refractivity contribution in [3.8, 4) is 33.9 Å². The van der Waals surface area contributed by atoms with Crippen LogP contribution >= 0.6 is 0 Å². The molecule has 12 rings (SSSR count). The first kappa shape index (κ1) is 30.0. The average molecular weight is 703 g/mol. The normalized spacial score (nSPS) is 12.0. The molecule has 12 aromatic rings. The van der Waals surface area contributed by atoms with Gasteiger partial charge in [-0.15, -0.1) is 0 Å². The molecule has 0 aliphatic rings. The second kappa shape index (κ2) is 11.5. The molecule has 0 amide bonds. The van der Waals surface area contributed by atoms with Crippen LogP contribution in [0.1, 0.15) is 0 Å². The molecule has 0 atom stereocenters. The Bertz CT molecular complexity index is 3500. The van der Waals surface area contributed by atoms with E-state index < -0.39 is 0 Å². The van der Waals surface area contributed by atoms with Gasteiger partial charge in [0.15, 0.2) is 5.58 Å². The summed E-state index contributed by atoms with van der Waals surface area (Å²) in [7, 11) is 0. The third-order valence-electron chi connectivity index (χ3n) is 11.1. The van der Waals surface area contributed by atoms with Crippen molar-refractivity contribution in [3.05, 3.63) is 182 Å². The van der Waals surface area contributed by atoms with Crippen molar-refractivity contribution < 1.29 is 4.42 Å².